The zero-order chi connectivity index (χ0) is 18.0. The Bertz CT molecular complexity index is 844. The topological polar surface area (TPSA) is 64.9 Å². The van der Waals surface area contributed by atoms with Gasteiger partial charge in [-0.2, -0.15) is 0 Å². The summed E-state index contributed by atoms with van der Waals surface area (Å²) in [5, 5.41) is 2.54. The predicted molar refractivity (Wildman–Crippen MR) is 92.6 cm³/mol. The molecule has 6 nitrogen and oxygen atoms in total. The number of rotatable bonds is 3. The number of nitrogens with zero attached hydrogens (tertiary/aromatic N) is 2. The molecule has 1 saturated carbocycles. The van der Waals surface area contributed by atoms with Gasteiger partial charge in [0.1, 0.15) is 5.65 Å². The molecule has 3 heterocycles. The number of amides is 1. The molecule has 4 rings (SSSR count). The van der Waals surface area contributed by atoms with E-state index in [0.29, 0.717) is 11.5 Å². The first-order valence-electron chi connectivity index (χ1n) is 8.44. The third-order valence-electron chi connectivity index (χ3n) is 5.34. The molecule has 132 valence electrons. The van der Waals surface area contributed by atoms with Gasteiger partial charge in [-0.05, 0) is 52.1 Å². The highest BCUT2D eigenvalue weighted by molar-refractivity contribution is 6.62. The van der Waals surface area contributed by atoms with E-state index in [-0.39, 0.29) is 12.8 Å². The second-order valence-corrected chi connectivity index (χ2v) is 7.86. The second-order valence-electron chi connectivity index (χ2n) is 7.86. The van der Waals surface area contributed by atoms with Crippen LogP contribution >= 0.6 is 0 Å². The normalized spacial score (nSPS) is 23.0. The monoisotopic (exact) mass is 345 g/mol. The lowest BCUT2D eigenvalue weighted by Crippen LogP contribution is -2.41. The molecule has 0 unspecified atom stereocenters. The molecule has 2 aliphatic rings. The summed E-state index contributed by atoms with van der Waals surface area (Å²) in [6, 6.07) is 3.70. The van der Waals surface area contributed by atoms with Crippen LogP contribution in [0.5, 0.6) is 0 Å². The van der Waals surface area contributed by atoms with E-state index in [4.69, 9.17) is 9.31 Å². The van der Waals surface area contributed by atoms with Crippen LogP contribution in [-0.4, -0.2) is 39.3 Å². The van der Waals surface area contributed by atoms with Crippen molar-refractivity contribution in [2.24, 2.45) is 0 Å². The van der Waals surface area contributed by atoms with E-state index in [1.165, 1.54) is 0 Å². The lowest BCUT2D eigenvalue weighted by atomic mass is 9.80. The Kier molecular flexibility index (Phi) is 3.34. The van der Waals surface area contributed by atoms with Gasteiger partial charge in [0.2, 0.25) is 0 Å². The largest absolute Gasteiger partial charge is 0.496 e. The average Bonchev–Trinajstić information content (AvgIpc) is 3.07. The molecule has 1 amide bonds. The number of nitrogens with one attached hydrogen (secondary N) is 1. The number of halogens is 1. The maximum absolute atomic E-state index is 13.8. The molecule has 25 heavy (non-hydrogen) atoms. The molecule has 1 saturated heterocycles. The van der Waals surface area contributed by atoms with Gasteiger partial charge in [0.05, 0.1) is 17.4 Å². The van der Waals surface area contributed by atoms with Gasteiger partial charge in [-0.25, -0.2) is 9.37 Å². The van der Waals surface area contributed by atoms with Gasteiger partial charge >= 0.3 is 7.12 Å². The van der Waals surface area contributed by atoms with Crippen molar-refractivity contribution in [3.8, 4) is 0 Å². The van der Waals surface area contributed by atoms with Crippen molar-refractivity contribution in [1.82, 2.24) is 9.38 Å². The first kappa shape index (κ1) is 16.5. The van der Waals surface area contributed by atoms with Crippen molar-refractivity contribution in [2.45, 2.75) is 57.4 Å². The number of hydrogen-bond donors (Lipinski definition) is 1. The van der Waals surface area contributed by atoms with E-state index in [2.05, 4.69) is 10.3 Å². The first-order chi connectivity index (χ1) is 11.6. The number of hydrogen-bond acceptors (Lipinski definition) is 4. The lowest BCUT2D eigenvalue weighted by molar-refractivity contribution is -0.122. The summed E-state index contributed by atoms with van der Waals surface area (Å²) in [6.07, 6.45) is 4.06. The number of fused-ring (bicyclic) bond motifs is 1. The number of alkyl halides is 1. The van der Waals surface area contributed by atoms with Gasteiger partial charge in [-0.3, -0.25) is 4.79 Å². The van der Waals surface area contributed by atoms with Gasteiger partial charge in [0, 0.05) is 6.20 Å². The molecular weight excluding hydrogens is 324 g/mol. The zero-order valence-corrected chi connectivity index (χ0v) is 14.8. The molecule has 1 N–H and O–H groups in total. The van der Waals surface area contributed by atoms with Gasteiger partial charge in [-0.1, -0.05) is 6.07 Å². The summed E-state index contributed by atoms with van der Waals surface area (Å²) < 4.78 is 27.6. The number of aromatic nitrogens is 2. The van der Waals surface area contributed by atoms with Gasteiger partial charge in [-0.15, -0.1) is 0 Å². The van der Waals surface area contributed by atoms with E-state index in [9.17, 15) is 9.18 Å². The molecule has 1 aliphatic carbocycles. The Morgan fingerprint density at radius 3 is 2.44 bits per heavy atom. The molecule has 1 aliphatic heterocycles. The van der Waals surface area contributed by atoms with E-state index in [0.717, 1.165) is 5.46 Å². The summed E-state index contributed by atoms with van der Waals surface area (Å²) in [4.78, 5) is 16.1. The minimum atomic E-state index is -1.72. The van der Waals surface area contributed by atoms with Crippen molar-refractivity contribution in [1.29, 1.82) is 0 Å². The Labute approximate surface area is 145 Å². The Morgan fingerprint density at radius 2 is 1.84 bits per heavy atom. The van der Waals surface area contributed by atoms with Crippen LogP contribution in [0.2, 0.25) is 0 Å². The van der Waals surface area contributed by atoms with Crippen LogP contribution in [0.1, 0.15) is 40.5 Å². The van der Waals surface area contributed by atoms with Gasteiger partial charge in [0.25, 0.3) is 5.91 Å². The number of pyridine rings is 1. The molecule has 0 radical (unpaired) electrons. The smallest absolute Gasteiger partial charge is 0.399 e. The zero-order valence-electron chi connectivity index (χ0n) is 14.8. The SMILES string of the molecule is CC1(C)OB(c2ccc3nc(NC(=O)C4(F)CC4)cn3c2)OC1(C)C. The van der Waals surface area contributed by atoms with E-state index < -0.39 is 29.9 Å². The van der Waals surface area contributed by atoms with Crippen LogP contribution in [0.3, 0.4) is 0 Å². The molecule has 0 bridgehead atoms. The summed E-state index contributed by atoms with van der Waals surface area (Å²) in [6.45, 7) is 8.00. The number of imidazole rings is 1. The van der Waals surface area contributed by atoms with Crippen molar-refractivity contribution >= 4 is 30.0 Å². The number of anilines is 1. The van der Waals surface area contributed by atoms with Crippen LogP contribution < -0.4 is 10.8 Å². The van der Waals surface area contributed by atoms with Crippen molar-refractivity contribution < 1.29 is 18.5 Å². The summed E-state index contributed by atoms with van der Waals surface area (Å²) in [5.74, 6) is -0.290. The minimum absolute atomic E-state index is 0.276. The predicted octanol–water partition coefficient (Wildman–Crippen LogP) is 2.07. The molecular formula is C17H21BFN3O3. The molecule has 2 aromatic rings. The highest BCUT2D eigenvalue weighted by atomic mass is 19.1. The first-order valence-corrected chi connectivity index (χ1v) is 8.44. The molecule has 2 aromatic heterocycles. The molecule has 0 atom stereocenters. The fourth-order valence-electron chi connectivity index (χ4n) is 2.75. The maximum Gasteiger partial charge on any atom is 0.496 e. The standard InChI is InChI=1S/C17H21BFN3O3/c1-15(2)16(3,4)25-18(24-15)11-5-6-13-20-12(10-22(13)9-11)21-14(23)17(19)7-8-17/h5-6,9-10H,7-8H2,1-4H3,(H,21,23). The van der Waals surface area contributed by atoms with E-state index in [1.54, 1.807) is 10.6 Å². The Morgan fingerprint density at radius 1 is 1.20 bits per heavy atom. The van der Waals surface area contributed by atoms with Crippen molar-refractivity contribution in [2.75, 3.05) is 5.32 Å². The lowest BCUT2D eigenvalue weighted by Gasteiger charge is -2.32. The highest BCUT2D eigenvalue weighted by Gasteiger charge is 2.52. The Balaban J connectivity index is 1.58. The van der Waals surface area contributed by atoms with Crippen LogP contribution in [0, 0.1) is 0 Å². The van der Waals surface area contributed by atoms with Gasteiger partial charge < -0.3 is 19.0 Å². The van der Waals surface area contributed by atoms with Crippen LogP contribution in [0.15, 0.2) is 24.5 Å². The third kappa shape index (κ3) is 2.73. The van der Waals surface area contributed by atoms with E-state index in [1.807, 2.05) is 46.0 Å². The number of carbonyl (C=O) groups is 1. The maximum atomic E-state index is 13.8. The van der Waals surface area contributed by atoms with Crippen molar-refractivity contribution in [3.63, 3.8) is 0 Å². The summed E-state index contributed by atoms with van der Waals surface area (Å²) in [5.41, 5.74) is -1.05. The second kappa shape index (κ2) is 5.05. The highest BCUT2D eigenvalue weighted by Crippen LogP contribution is 2.40. The summed E-state index contributed by atoms with van der Waals surface area (Å²) >= 11 is 0. The molecule has 2 fully saturated rings. The van der Waals surface area contributed by atoms with Crippen LogP contribution in [0.4, 0.5) is 10.2 Å². The fraction of sp³-hybridized carbons (Fsp3) is 0.529. The average molecular weight is 345 g/mol. The fourth-order valence-corrected chi connectivity index (χ4v) is 2.75. The summed E-state index contributed by atoms with van der Waals surface area (Å²) in [7, 11) is -0.476. The number of carbonyl (C=O) groups excluding carboxylic acids is 1. The quantitative estimate of drug-likeness (QED) is 0.865. The van der Waals surface area contributed by atoms with Crippen LogP contribution in [-0.2, 0) is 14.1 Å². The van der Waals surface area contributed by atoms with Crippen LogP contribution in [0.25, 0.3) is 5.65 Å². The Hall–Kier alpha value is -1.93. The van der Waals surface area contributed by atoms with E-state index >= 15 is 0 Å². The molecule has 8 heteroatoms. The molecule has 0 aromatic carbocycles. The van der Waals surface area contributed by atoms with Crippen molar-refractivity contribution in [3.05, 3.63) is 24.5 Å². The third-order valence-corrected chi connectivity index (χ3v) is 5.34. The minimum Gasteiger partial charge on any atom is -0.399 e. The molecule has 0 spiro atoms. The van der Waals surface area contributed by atoms with Gasteiger partial charge in [0.15, 0.2) is 11.5 Å².